The Morgan fingerprint density at radius 3 is 3.07 bits per heavy atom. The second kappa shape index (κ2) is 6.50. The van der Waals surface area contributed by atoms with Crippen LogP contribution in [0.2, 0.25) is 0 Å². The molecule has 0 saturated heterocycles. The van der Waals surface area contributed by atoms with E-state index in [1.54, 1.807) is 6.33 Å². The SMILES string of the molecule is CCOCCCNCc1nncn1C. The molecule has 0 aliphatic rings. The first-order valence-corrected chi connectivity index (χ1v) is 4.96. The molecule has 0 bridgehead atoms. The number of rotatable bonds is 7. The molecule has 0 atom stereocenters. The van der Waals surface area contributed by atoms with E-state index in [1.807, 2.05) is 18.5 Å². The molecule has 5 nitrogen and oxygen atoms in total. The van der Waals surface area contributed by atoms with Crippen molar-refractivity contribution in [2.24, 2.45) is 7.05 Å². The topological polar surface area (TPSA) is 52.0 Å². The lowest BCUT2D eigenvalue weighted by Gasteiger charge is -2.03. The monoisotopic (exact) mass is 198 g/mol. The van der Waals surface area contributed by atoms with Crippen LogP contribution in [0.3, 0.4) is 0 Å². The molecule has 1 N–H and O–H groups in total. The first kappa shape index (κ1) is 11.1. The summed E-state index contributed by atoms with van der Waals surface area (Å²) in [4.78, 5) is 0. The lowest BCUT2D eigenvalue weighted by Crippen LogP contribution is -2.18. The van der Waals surface area contributed by atoms with E-state index in [4.69, 9.17) is 4.74 Å². The van der Waals surface area contributed by atoms with E-state index in [-0.39, 0.29) is 0 Å². The molecule has 0 aromatic carbocycles. The normalized spacial score (nSPS) is 10.7. The fourth-order valence-corrected chi connectivity index (χ4v) is 1.11. The third-order valence-electron chi connectivity index (χ3n) is 1.93. The van der Waals surface area contributed by atoms with Crippen molar-refractivity contribution in [3.8, 4) is 0 Å². The summed E-state index contributed by atoms with van der Waals surface area (Å²) in [5, 5.41) is 11.1. The van der Waals surface area contributed by atoms with Gasteiger partial charge in [-0.15, -0.1) is 10.2 Å². The van der Waals surface area contributed by atoms with Crippen molar-refractivity contribution in [1.29, 1.82) is 0 Å². The Morgan fingerprint density at radius 1 is 1.57 bits per heavy atom. The van der Waals surface area contributed by atoms with Crippen molar-refractivity contribution < 1.29 is 4.74 Å². The molecule has 1 heterocycles. The average Bonchev–Trinajstić information content (AvgIpc) is 2.58. The molecular weight excluding hydrogens is 180 g/mol. The van der Waals surface area contributed by atoms with E-state index in [0.717, 1.165) is 38.5 Å². The second-order valence-corrected chi connectivity index (χ2v) is 3.09. The smallest absolute Gasteiger partial charge is 0.146 e. The van der Waals surface area contributed by atoms with Crippen molar-refractivity contribution in [2.45, 2.75) is 19.9 Å². The highest BCUT2D eigenvalue weighted by Crippen LogP contribution is 1.90. The standard InChI is InChI=1S/C9H18N4O/c1-3-14-6-4-5-10-7-9-12-11-8-13(9)2/h8,10H,3-7H2,1-2H3. The molecule has 14 heavy (non-hydrogen) atoms. The van der Waals surface area contributed by atoms with Gasteiger partial charge in [-0.3, -0.25) is 0 Å². The summed E-state index contributed by atoms with van der Waals surface area (Å²) < 4.78 is 7.13. The van der Waals surface area contributed by atoms with Crippen molar-refractivity contribution >= 4 is 0 Å². The van der Waals surface area contributed by atoms with E-state index < -0.39 is 0 Å². The zero-order valence-corrected chi connectivity index (χ0v) is 8.86. The highest BCUT2D eigenvalue weighted by atomic mass is 16.5. The van der Waals surface area contributed by atoms with Gasteiger partial charge in [0.2, 0.25) is 0 Å². The minimum absolute atomic E-state index is 0.766. The number of nitrogens with one attached hydrogen (secondary N) is 1. The van der Waals surface area contributed by atoms with Gasteiger partial charge in [-0.25, -0.2) is 0 Å². The van der Waals surface area contributed by atoms with E-state index in [2.05, 4.69) is 15.5 Å². The molecule has 1 aromatic heterocycles. The van der Waals surface area contributed by atoms with Gasteiger partial charge in [-0.1, -0.05) is 0 Å². The first-order valence-electron chi connectivity index (χ1n) is 4.96. The van der Waals surface area contributed by atoms with Gasteiger partial charge in [0.1, 0.15) is 12.2 Å². The quantitative estimate of drug-likeness (QED) is 0.642. The molecule has 0 aliphatic carbocycles. The van der Waals surface area contributed by atoms with Crippen LogP contribution in [-0.4, -0.2) is 34.5 Å². The fraction of sp³-hybridized carbons (Fsp3) is 0.778. The maximum atomic E-state index is 5.22. The van der Waals surface area contributed by atoms with E-state index >= 15 is 0 Å². The Balaban J connectivity index is 2.02. The second-order valence-electron chi connectivity index (χ2n) is 3.09. The van der Waals surface area contributed by atoms with Gasteiger partial charge in [0.05, 0.1) is 6.54 Å². The fourth-order valence-electron chi connectivity index (χ4n) is 1.11. The van der Waals surface area contributed by atoms with Crippen molar-refractivity contribution in [3.05, 3.63) is 12.2 Å². The molecule has 5 heteroatoms. The summed E-state index contributed by atoms with van der Waals surface area (Å²) in [6, 6.07) is 0. The number of hydrogen-bond acceptors (Lipinski definition) is 4. The third-order valence-corrected chi connectivity index (χ3v) is 1.93. The van der Waals surface area contributed by atoms with Crippen molar-refractivity contribution in [1.82, 2.24) is 20.1 Å². The maximum Gasteiger partial charge on any atom is 0.146 e. The zero-order valence-electron chi connectivity index (χ0n) is 8.86. The van der Waals surface area contributed by atoms with Gasteiger partial charge in [0.15, 0.2) is 0 Å². The molecule has 0 radical (unpaired) electrons. The number of aromatic nitrogens is 3. The van der Waals surface area contributed by atoms with Crippen LogP contribution >= 0.6 is 0 Å². The molecule has 1 rings (SSSR count). The van der Waals surface area contributed by atoms with Crippen LogP contribution in [-0.2, 0) is 18.3 Å². The molecule has 1 aromatic rings. The Bertz CT molecular complexity index is 249. The largest absolute Gasteiger partial charge is 0.382 e. The van der Waals surface area contributed by atoms with Gasteiger partial charge < -0.3 is 14.6 Å². The summed E-state index contributed by atoms with van der Waals surface area (Å²) in [7, 11) is 1.94. The predicted octanol–water partition coefficient (Wildman–Crippen LogP) is 0.331. The minimum atomic E-state index is 0.766. The number of ether oxygens (including phenoxy) is 1. The molecule has 0 spiro atoms. The molecule has 80 valence electrons. The molecule has 0 amide bonds. The van der Waals surface area contributed by atoms with Crippen LogP contribution in [0.1, 0.15) is 19.2 Å². The molecule has 0 unspecified atom stereocenters. The minimum Gasteiger partial charge on any atom is -0.382 e. The van der Waals surface area contributed by atoms with E-state index in [1.165, 1.54) is 0 Å². The highest BCUT2D eigenvalue weighted by molar-refractivity contribution is 4.82. The number of hydrogen-bond donors (Lipinski definition) is 1. The molecular formula is C9H18N4O. The lowest BCUT2D eigenvalue weighted by atomic mass is 10.4. The highest BCUT2D eigenvalue weighted by Gasteiger charge is 1.98. The van der Waals surface area contributed by atoms with Crippen LogP contribution in [0.15, 0.2) is 6.33 Å². The first-order chi connectivity index (χ1) is 6.84. The Morgan fingerprint density at radius 2 is 2.43 bits per heavy atom. The van der Waals surface area contributed by atoms with Gasteiger partial charge in [-0.05, 0) is 19.9 Å². The Hall–Kier alpha value is -0.940. The van der Waals surface area contributed by atoms with Gasteiger partial charge >= 0.3 is 0 Å². The Kier molecular flexibility index (Phi) is 5.17. The van der Waals surface area contributed by atoms with Gasteiger partial charge in [-0.2, -0.15) is 0 Å². The maximum absolute atomic E-state index is 5.22. The van der Waals surface area contributed by atoms with Crippen molar-refractivity contribution in [2.75, 3.05) is 19.8 Å². The molecule has 0 aliphatic heterocycles. The lowest BCUT2D eigenvalue weighted by molar-refractivity contribution is 0.144. The van der Waals surface area contributed by atoms with Gasteiger partial charge in [0, 0.05) is 20.3 Å². The summed E-state index contributed by atoms with van der Waals surface area (Å²) in [5.41, 5.74) is 0. The van der Waals surface area contributed by atoms with E-state index in [9.17, 15) is 0 Å². The molecule has 0 saturated carbocycles. The van der Waals surface area contributed by atoms with Gasteiger partial charge in [0.25, 0.3) is 0 Å². The summed E-state index contributed by atoms with van der Waals surface area (Å²) >= 11 is 0. The van der Waals surface area contributed by atoms with E-state index in [0.29, 0.717) is 0 Å². The molecule has 0 fully saturated rings. The van der Waals surface area contributed by atoms with Crippen LogP contribution < -0.4 is 5.32 Å². The zero-order chi connectivity index (χ0) is 10.2. The summed E-state index contributed by atoms with van der Waals surface area (Å²) in [6.45, 7) is 5.34. The number of aryl methyl sites for hydroxylation is 1. The van der Waals surface area contributed by atoms with Crippen LogP contribution in [0.25, 0.3) is 0 Å². The van der Waals surface area contributed by atoms with Crippen LogP contribution in [0, 0.1) is 0 Å². The third kappa shape index (κ3) is 3.85. The summed E-state index contributed by atoms with van der Waals surface area (Å²) in [5.74, 6) is 0.960. The van der Waals surface area contributed by atoms with Crippen LogP contribution in [0.5, 0.6) is 0 Å². The van der Waals surface area contributed by atoms with Crippen LogP contribution in [0.4, 0.5) is 0 Å². The predicted molar refractivity (Wildman–Crippen MR) is 53.8 cm³/mol. The summed E-state index contributed by atoms with van der Waals surface area (Å²) in [6.07, 6.45) is 2.74. The van der Waals surface area contributed by atoms with Crippen molar-refractivity contribution in [3.63, 3.8) is 0 Å². The number of nitrogens with zero attached hydrogens (tertiary/aromatic N) is 3. The Labute approximate surface area is 84.5 Å². The average molecular weight is 198 g/mol.